The number of aryl methyl sites for hydroxylation is 1. The zero-order valence-electron chi connectivity index (χ0n) is 12.4. The Balaban J connectivity index is 1.88. The molecule has 1 heterocycles. The van der Waals surface area contributed by atoms with Crippen molar-refractivity contribution in [1.82, 2.24) is 0 Å². The maximum Gasteiger partial charge on any atom is 0.363 e. The Hall–Kier alpha value is -2.88. The van der Waals surface area contributed by atoms with Crippen molar-refractivity contribution < 1.29 is 14.3 Å². The van der Waals surface area contributed by atoms with Crippen LogP contribution in [0.3, 0.4) is 0 Å². The van der Waals surface area contributed by atoms with Crippen molar-refractivity contribution in [1.29, 1.82) is 0 Å². The molecular formula is C18H15NO3. The molecule has 22 heavy (non-hydrogen) atoms. The van der Waals surface area contributed by atoms with Crippen LogP contribution < -0.4 is 4.74 Å². The average molecular weight is 293 g/mol. The van der Waals surface area contributed by atoms with Crippen molar-refractivity contribution in [3.63, 3.8) is 0 Å². The number of hydrogen-bond donors (Lipinski definition) is 0. The highest BCUT2D eigenvalue weighted by atomic mass is 16.6. The van der Waals surface area contributed by atoms with Crippen LogP contribution in [0.4, 0.5) is 0 Å². The number of carbonyl (C=O) groups excluding carboxylic acids is 1. The number of rotatable bonds is 3. The van der Waals surface area contributed by atoms with Gasteiger partial charge >= 0.3 is 5.97 Å². The Morgan fingerprint density at radius 3 is 2.36 bits per heavy atom. The van der Waals surface area contributed by atoms with Gasteiger partial charge in [0, 0.05) is 5.56 Å². The van der Waals surface area contributed by atoms with Gasteiger partial charge in [-0.15, -0.1) is 0 Å². The summed E-state index contributed by atoms with van der Waals surface area (Å²) in [5.74, 6) is 0.613. The van der Waals surface area contributed by atoms with Crippen LogP contribution in [-0.4, -0.2) is 19.0 Å². The zero-order chi connectivity index (χ0) is 15.5. The number of carbonyl (C=O) groups is 1. The number of hydrogen-bond acceptors (Lipinski definition) is 4. The molecular weight excluding hydrogens is 278 g/mol. The van der Waals surface area contributed by atoms with Gasteiger partial charge < -0.3 is 9.47 Å². The van der Waals surface area contributed by atoms with Crippen molar-refractivity contribution in [3.8, 4) is 5.75 Å². The second-order valence-corrected chi connectivity index (χ2v) is 4.98. The lowest BCUT2D eigenvalue weighted by molar-refractivity contribution is -0.129. The molecule has 4 heteroatoms. The lowest BCUT2D eigenvalue weighted by Gasteiger charge is -2.01. The van der Waals surface area contributed by atoms with Gasteiger partial charge in [0.15, 0.2) is 5.70 Å². The Morgan fingerprint density at radius 1 is 1.05 bits per heavy atom. The molecule has 0 saturated heterocycles. The summed E-state index contributed by atoms with van der Waals surface area (Å²) in [5.41, 5.74) is 3.12. The van der Waals surface area contributed by atoms with Gasteiger partial charge in [-0.3, -0.25) is 0 Å². The number of cyclic esters (lactones) is 1. The summed E-state index contributed by atoms with van der Waals surface area (Å²) >= 11 is 0. The Bertz CT molecular complexity index is 756. The minimum absolute atomic E-state index is 0.301. The molecule has 1 aliphatic heterocycles. The number of ether oxygens (including phenoxy) is 2. The van der Waals surface area contributed by atoms with E-state index in [0.717, 1.165) is 16.9 Å². The molecule has 110 valence electrons. The summed E-state index contributed by atoms with van der Waals surface area (Å²) in [4.78, 5) is 16.2. The topological polar surface area (TPSA) is 47.9 Å². The second-order valence-electron chi connectivity index (χ2n) is 4.98. The number of aliphatic imine (C=N–C) groups is 1. The molecule has 1 aliphatic rings. The molecule has 0 atom stereocenters. The highest BCUT2D eigenvalue weighted by Crippen LogP contribution is 2.20. The van der Waals surface area contributed by atoms with E-state index in [1.165, 1.54) is 5.56 Å². The molecule has 2 aromatic rings. The first kappa shape index (κ1) is 14.1. The minimum Gasteiger partial charge on any atom is -0.497 e. The summed E-state index contributed by atoms with van der Waals surface area (Å²) in [6.07, 6.45) is 1.72. The van der Waals surface area contributed by atoms with Crippen molar-refractivity contribution in [2.75, 3.05) is 7.11 Å². The minimum atomic E-state index is -0.439. The molecule has 2 aromatic carbocycles. The van der Waals surface area contributed by atoms with Gasteiger partial charge in [-0.1, -0.05) is 29.8 Å². The lowest BCUT2D eigenvalue weighted by Crippen LogP contribution is -2.05. The van der Waals surface area contributed by atoms with E-state index < -0.39 is 5.97 Å². The smallest absolute Gasteiger partial charge is 0.363 e. The Labute approximate surface area is 128 Å². The van der Waals surface area contributed by atoms with Crippen LogP contribution in [0.25, 0.3) is 6.08 Å². The molecule has 0 spiro atoms. The lowest BCUT2D eigenvalue weighted by atomic mass is 10.1. The molecule has 0 fully saturated rings. The molecule has 0 saturated carbocycles. The second kappa shape index (κ2) is 5.85. The summed E-state index contributed by atoms with van der Waals surface area (Å²) < 4.78 is 10.3. The monoisotopic (exact) mass is 293 g/mol. The van der Waals surface area contributed by atoms with Gasteiger partial charge in [0.25, 0.3) is 0 Å². The fraction of sp³-hybridized carbons (Fsp3) is 0.111. The fourth-order valence-corrected chi connectivity index (χ4v) is 2.09. The Morgan fingerprint density at radius 2 is 1.73 bits per heavy atom. The number of benzene rings is 2. The van der Waals surface area contributed by atoms with Gasteiger partial charge in [-0.25, -0.2) is 9.79 Å². The van der Waals surface area contributed by atoms with Crippen LogP contribution in [0.15, 0.2) is 59.2 Å². The third kappa shape index (κ3) is 2.91. The zero-order valence-corrected chi connectivity index (χ0v) is 12.4. The van der Waals surface area contributed by atoms with Crippen molar-refractivity contribution in [3.05, 3.63) is 70.9 Å². The average Bonchev–Trinajstić information content (AvgIpc) is 2.91. The van der Waals surface area contributed by atoms with Crippen LogP contribution in [-0.2, 0) is 9.53 Å². The Kier molecular flexibility index (Phi) is 3.74. The normalized spacial score (nSPS) is 15.6. The molecule has 0 radical (unpaired) electrons. The van der Waals surface area contributed by atoms with Crippen LogP contribution in [0.2, 0.25) is 0 Å². The quantitative estimate of drug-likeness (QED) is 0.644. The summed E-state index contributed by atoms with van der Waals surface area (Å²) in [6.45, 7) is 2.01. The van der Waals surface area contributed by atoms with Crippen LogP contribution in [0, 0.1) is 6.92 Å². The molecule has 4 nitrogen and oxygen atoms in total. The SMILES string of the molecule is COc1ccc(C2=N/C(=C\c3ccc(C)cc3)C(=O)O2)cc1. The van der Waals surface area contributed by atoms with E-state index in [2.05, 4.69) is 4.99 Å². The number of esters is 1. The summed E-state index contributed by atoms with van der Waals surface area (Å²) in [7, 11) is 1.60. The first-order valence-corrected chi connectivity index (χ1v) is 6.89. The molecule has 0 amide bonds. The van der Waals surface area contributed by atoms with Gasteiger partial charge in [0.2, 0.25) is 5.90 Å². The predicted octanol–water partition coefficient (Wildman–Crippen LogP) is 3.35. The molecule has 0 aromatic heterocycles. The first-order chi connectivity index (χ1) is 10.7. The third-order valence-electron chi connectivity index (χ3n) is 3.34. The van der Waals surface area contributed by atoms with E-state index in [1.54, 1.807) is 37.5 Å². The van der Waals surface area contributed by atoms with Gasteiger partial charge in [-0.05, 0) is 42.8 Å². The highest BCUT2D eigenvalue weighted by Gasteiger charge is 2.24. The van der Waals surface area contributed by atoms with E-state index >= 15 is 0 Å². The van der Waals surface area contributed by atoms with Gasteiger partial charge in [0.1, 0.15) is 5.75 Å². The maximum atomic E-state index is 11.9. The summed E-state index contributed by atoms with van der Waals surface area (Å²) in [5, 5.41) is 0. The maximum absolute atomic E-state index is 11.9. The van der Waals surface area contributed by atoms with Gasteiger partial charge in [0.05, 0.1) is 7.11 Å². The number of methoxy groups -OCH3 is 1. The molecule has 0 bridgehead atoms. The van der Waals surface area contributed by atoms with E-state index in [4.69, 9.17) is 9.47 Å². The third-order valence-corrected chi connectivity index (χ3v) is 3.34. The van der Waals surface area contributed by atoms with Crippen molar-refractivity contribution >= 4 is 17.9 Å². The largest absolute Gasteiger partial charge is 0.497 e. The standard InChI is InChI=1S/C18H15NO3/c1-12-3-5-13(6-4-12)11-16-18(20)22-17(19-16)14-7-9-15(21-2)10-8-14/h3-11H,1-2H3/b16-11-. The van der Waals surface area contributed by atoms with Crippen LogP contribution in [0.1, 0.15) is 16.7 Å². The van der Waals surface area contributed by atoms with E-state index in [9.17, 15) is 4.79 Å². The predicted molar refractivity (Wildman–Crippen MR) is 84.8 cm³/mol. The van der Waals surface area contributed by atoms with E-state index in [0.29, 0.717) is 11.6 Å². The van der Waals surface area contributed by atoms with Crippen LogP contribution in [0.5, 0.6) is 5.75 Å². The van der Waals surface area contributed by atoms with Crippen LogP contribution >= 0.6 is 0 Å². The molecule has 0 N–H and O–H groups in total. The molecule has 0 unspecified atom stereocenters. The van der Waals surface area contributed by atoms with E-state index in [1.807, 2.05) is 31.2 Å². The van der Waals surface area contributed by atoms with Crippen molar-refractivity contribution in [2.45, 2.75) is 6.92 Å². The molecule has 3 rings (SSSR count). The first-order valence-electron chi connectivity index (χ1n) is 6.89. The van der Waals surface area contributed by atoms with Crippen molar-refractivity contribution in [2.24, 2.45) is 4.99 Å². The molecule has 0 aliphatic carbocycles. The summed E-state index contributed by atoms with van der Waals surface area (Å²) in [6, 6.07) is 15.1. The van der Waals surface area contributed by atoms with Gasteiger partial charge in [-0.2, -0.15) is 0 Å². The number of nitrogens with zero attached hydrogens (tertiary/aromatic N) is 1. The fourth-order valence-electron chi connectivity index (χ4n) is 2.09. The highest BCUT2D eigenvalue weighted by molar-refractivity contribution is 6.12. The van der Waals surface area contributed by atoms with E-state index in [-0.39, 0.29) is 0 Å².